The Hall–Kier alpha value is -2.70. The number of halogens is 2. The van der Waals surface area contributed by atoms with Crippen LogP contribution in [0.3, 0.4) is 0 Å². The highest BCUT2D eigenvalue weighted by Gasteiger charge is 2.55. The van der Waals surface area contributed by atoms with E-state index in [4.69, 9.17) is 9.72 Å². The van der Waals surface area contributed by atoms with Gasteiger partial charge in [-0.1, -0.05) is 18.6 Å². The Kier molecular flexibility index (Phi) is 3.86. The van der Waals surface area contributed by atoms with Crippen molar-refractivity contribution < 1.29 is 13.5 Å². The lowest BCUT2D eigenvalue weighted by Gasteiger charge is -2.30. The van der Waals surface area contributed by atoms with Crippen LogP contribution in [0.5, 0.6) is 5.75 Å². The molecule has 1 N–H and O–H groups in total. The lowest BCUT2D eigenvalue weighted by molar-refractivity contribution is 0.279. The highest BCUT2D eigenvalue weighted by atomic mass is 19.2. The summed E-state index contributed by atoms with van der Waals surface area (Å²) in [6.45, 7) is 3.44. The zero-order valence-electron chi connectivity index (χ0n) is 16.9. The maximum Gasteiger partial charge on any atom is 0.300 e. The summed E-state index contributed by atoms with van der Waals surface area (Å²) in [6, 6.07) is 3.90. The van der Waals surface area contributed by atoms with Gasteiger partial charge < -0.3 is 14.6 Å². The maximum absolute atomic E-state index is 13.6. The molecule has 2 heterocycles. The van der Waals surface area contributed by atoms with Crippen LogP contribution in [0.15, 0.2) is 34.8 Å². The fourth-order valence-electron chi connectivity index (χ4n) is 5.95. The average Bonchev–Trinajstić information content (AvgIpc) is 3.32. The van der Waals surface area contributed by atoms with Gasteiger partial charge in [0.2, 0.25) is 0 Å². The molecule has 2 fully saturated rings. The molecule has 3 unspecified atom stereocenters. The molecule has 156 valence electrons. The summed E-state index contributed by atoms with van der Waals surface area (Å²) in [5.41, 5.74) is 2.62. The van der Waals surface area contributed by atoms with Crippen molar-refractivity contribution >= 4 is 11.8 Å². The Bertz CT molecular complexity index is 1090. The number of benzene rings is 1. The maximum atomic E-state index is 13.6. The average molecular weight is 410 g/mol. The number of aliphatic imine (C=N–C) groups is 1. The Morgan fingerprint density at radius 3 is 2.97 bits per heavy atom. The van der Waals surface area contributed by atoms with Crippen molar-refractivity contribution in [3.63, 3.8) is 0 Å². The van der Waals surface area contributed by atoms with Crippen LogP contribution in [0.1, 0.15) is 50.5 Å². The topological polar surface area (TPSA) is 53.5 Å². The van der Waals surface area contributed by atoms with Crippen molar-refractivity contribution in [3.8, 4) is 5.75 Å². The van der Waals surface area contributed by atoms with Crippen LogP contribution in [0.25, 0.3) is 0 Å². The van der Waals surface area contributed by atoms with Crippen molar-refractivity contribution in [2.24, 2.45) is 16.8 Å². The quantitative estimate of drug-likeness (QED) is 0.724. The van der Waals surface area contributed by atoms with Crippen LogP contribution in [0.4, 0.5) is 14.6 Å². The van der Waals surface area contributed by atoms with Gasteiger partial charge in [-0.25, -0.2) is 13.8 Å². The predicted molar refractivity (Wildman–Crippen MR) is 109 cm³/mol. The van der Waals surface area contributed by atoms with Gasteiger partial charge in [-0.15, -0.1) is 0 Å². The lowest BCUT2D eigenvalue weighted by Crippen LogP contribution is -2.37. The molecule has 2 aromatic rings. The molecule has 0 radical (unpaired) electrons. The highest BCUT2D eigenvalue weighted by molar-refractivity contribution is 5.81. The lowest BCUT2D eigenvalue weighted by atomic mass is 9.74. The van der Waals surface area contributed by atoms with Crippen LogP contribution in [0.2, 0.25) is 0 Å². The zero-order chi connectivity index (χ0) is 20.5. The van der Waals surface area contributed by atoms with E-state index in [1.54, 1.807) is 5.57 Å². The van der Waals surface area contributed by atoms with E-state index < -0.39 is 11.6 Å². The predicted octanol–water partition coefficient (Wildman–Crippen LogP) is 4.98. The number of H-pyrrole nitrogens is 1. The smallest absolute Gasteiger partial charge is 0.300 e. The number of hydrogen-bond donors (Lipinski definition) is 1. The van der Waals surface area contributed by atoms with E-state index in [1.165, 1.54) is 25.3 Å². The number of ether oxygens (including phenoxy) is 1. The number of imidazole rings is 1. The molecule has 1 aliphatic heterocycles. The fourth-order valence-corrected chi connectivity index (χ4v) is 5.95. The first kappa shape index (κ1) is 18.1. The zero-order valence-corrected chi connectivity index (χ0v) is 16.9. The molecular weight excluding hydrogens is 386 g/mol. The summed E-state index contributed by atoms with van der Waals surface area (Å²) >= 11 is 0. The second-order valence-corrected chi connectivity index (χ2v) is 9.13. The third kappa shape index (κ3) is 2.63. The number of allylic oxidation sites excluding steroid dienone is 2. The minimum Gasteiger partial charge on any atom is -0.426 e. The highest BCUT2D eigenvalue weighted by Crippen LogP contribution is 2.62. The van der Waals surface area contributed by atoms with Gasteiger partial charge in [0.05, 0.1) is 17.7 Å². The molecular formula is C23H24F2N4O. The van der Waals surface area contributed by atoms with E-state index >= 15 is 0 Å². The van der Waals surface area contributed by atoms with Gasteiger partial charge in [0.15, 0.2) is 17.5 Å². The molecule has 4 bridgehead atoms. The van der Waals surface area contributed by atoms with Crippen molar-refractivity contribution in [1.82, 2.24) is 14.9 Å². The standard InChI is InChI=1S/C23H24F2N4O/c1-2-5-29-12-19-20(28-22(29)30-16-3-4-17(24)18(25)9-16)27-21(26-19)23-10-13-6-14(11-23)8-15(23)7-13/h3-4,7,9,13-14H,2,5-6,8,10-12H2,1H3,(H,26,27). The van der Waals surface area contributed by atoms with Crippen LogP contribution < -0.4 is 4.74 Å². The molecule has 5 aliphatic rings. The van der Waals surface area contributed by atoms with Gasteiger partial charge in [0, 0.05) is 12.6 Å². The molecule has 0 amide bonds. The molecule has 1 aromatic heterocycles. The molecule has 0 saturated heterocycles. The Morgan fingerprint density at radius 1 is 1.27 bits per heavy atom. The second kappa shape index (κ2) is 6.40. The van der Waals surface area contributed by atoms with E-state index in [0.717, 1.165) is 49.0 Å². The van der Waals surface area contributed by atoms with Crippen LogP contribution in [-0.4, -0.2) is 27.4 Å². The number of rotatable bonds is 4. The first-order chi connectivity index (χ1) is 14.5. The van der Waals surface area contributed by atoms with Crippen LogP contribution in [0, 0.1) is 23.5 Å². The number of nitrogens with one attached hydrogen (secondary N) is 1. The van der Waals surface area contributed by atoms with Gasteiger partial charge in [0.1, 0.15) is 11.6 Å². The van der Waals surface area contributed by atoms with E-state index in [1.807, 2.05) is 4.90 Å². The molecule has 7 heteroatoms. The Balaban J connectivity index is 1.34. The van der Waals surface area contributed by atoms with E-state index in [-0.39, 0.29) is 11.2 Å². The molecule has 2 saturated carbocycles. The minimum atomic E-state index is -0.937. The van der Waals surface area contributed by atoms with Crippen molar-refractivity contribution in [2.75, 3.05) is 6.54 Å². The summed E-state index contributed by atoms with van der Waals surface area (Å²) in [5, 5.41) is 0. The Morgan fingerprint density at radius 2 is 2.17 bits per heavy atom. The van der Waals surface area contributed by atoms with Gasteiger partial charge in [-0.2, -0.15) is 4.99 Å². The molecule has 7 rings (SSSR count). The van der Waals surface area contributed by atoms with Crippen molar-refractivity contribution in [3.05, 3.63) is 53.0 Å². The molecule has 3 atom stereocenters. The van der Waals surface area contributed by atoms with E-state index in [0.29, 0.717) is 24.3 Å². The summed E-state index contributed by atoms with van der Waals surface area (Å²) in [4.78, 5) is 15.2. The van der Waals surface area contributed by atoms with E-state index in [9.17, 15) is 8.78 Å². The molecule has 1 aromatic carbocycles. The summed E-state index contributed by atoms with van der Waals surface area (Å²) < 4.78 is 32.8. The number of hydrogen-bond acceptors (Lipinski definition) is 4. The van der Waals surface area contributed by atoms with Gasteiger partial charge in [-0.3, -0.25) is 0 Å². The first-order valence-corrected chi connectivity index (χ1v) is 10.8. The number of aromatic nitrogens is 2. The molecule has 4 aliphatic carbocycles. The molecule has 30 heavy (non-hydrogen) atoms. The number of nitrogens with zero attached hydrogens (tertiary/aromatic N) is 3. The Labute approximate surface area is 173 Å². The second-order valence-electron chi connectivity index (χ2n) is 9.13. The van der Waals surface area contributed by atoms with Gasteiger partial charge in [-0.05, 0) is 56.1 Å². The summed E-state index contributed by atoms with van der Waals surface area (Å²) in [7, 11) is 0. The molecule has 0 spiro atoms. The van der Waals surface area contributed by atoms with Gasteiger partial charge in [0.25, 0.3) is 6.02 Å². The van der Waals surface area contributed by atoms with Gasteiger partial charge >= 0.3 is 0 Å². The third-order valence-electron chi connectivity index (χ3n) is 7.07. The van der Waals surface area contributed by atoms with Crippen LogP contribution >= 0.6 is 0 Å². The fraction of sp³-hybridized carbons (Fsp3) is 0.478. The summed E-state index contributed by atoms with van der Waals surface area (Å²) in [5.74, 6) is 1.57. The van der Waals surface area contributed by atoms with Crippen molar-refractivity contribution in [1.29, 1.82) is 0 Å². The summed E-state index contributed by atoms with van der Waals surface area (Å²) in [6.07, 6.45) is 8.26. The number of aromatic amines is 1. The number of fused-ring (bicyclic) bond motifs is 1. The third-order valence-corrected chi connectivity index (χ3v) is 7.07. The number of amidine groups is 1. The SMILES string of the molecule is CCCN1Cc2[nH]c(C34CC5C=C3CC(C5)C4)nc2N=C1Oc1ccc(F)c(F)c1. The monoisotopic (exact) mass is 410 g/mol. The van der Waals surface area contributed by atoms with E-state index in [2.05, 4.69) is 23.0 Å². The van der Waals surface area contributed by atoms with Crippen molar-refractivity contribution in [2.45, 2.75) is 51.0 Å². The van der Waals surface area contributed by atoms with Crippen LogP contribution in [-0.2, 0) is 12.0 Å². The largest absolute Gasteiger partial charge is 0.426 e. The molecule has 5 nitrogen and oxygen atoms in total. The minimum absolute atomic E-state index is 0.0666. The first-order valence-electron chi connectivity index (χ1n) is 10.8. The normalized spacial score (nSPS) is 28.6.